The molecule has 0 spiro atoms. The van der Waals surface area contributed by atoms with Gasteiger partial charge in [-0.25, -0.2) is 14.8 Å². The van der Waals surface area contributed by atoms with Gasteiger partial charge in [-0.2, -0.15) is 0 Å². The van der Waals surface area contributed by atoms with Crippen molar-refractivity contribution in [2.45, 2.75) is 13.8 Å². The molecule has 0 aliphatic rings. The maximum Gasteiger partial charge on any atom is 0.353 e. The third-order valence-corrected chi connectivity index (χ3v) is 4.36. The van der Waals surface area contributed by atoms with E-state index in [-0.39, 0.29) is 22.9 Å². The number of nitrogens with one attached hydrogen (secondary N) is 2. The smallest absolute Gasteiger partial charge is 0.353 e. The van der Waals surface area contributed by atoms with E-state index in [0.29, 0.717) is 11.4 Å². The molecule has 0 amide bonds. The molecule has 2 N–H and O–H groups in total. The maximum atomic E-state index is 12.0. The van der Waals surface area contributed by atoms with Crippen LogP contribution in [0.25, 0.3) is 0 Å². The molecule has 148 valence electrons. The highest BCUT2D eigenvalue weighted by molar-refractivity contribution is 5.96. The van der Waals surface area contributed by atoms with Crippen LogP contribution in [0.1, 0.15) is 21.5 Å². The number of rotatable bonds is 6. The van der Waals surface area contributed by atoms with Gasteiger partial charge in [0.15, 0.2) is 0 Å². The number of benzene rings is 2. The fourth-order valence-corrected chi connectivity index (χ4v) is 2.70. The van der Waals surface area contributed by atoms with Crippen molar-refractivity contribution in [1.82, 2.24) is 9.97 Å². The number of methoxy groups -OCH3 is 1. The van der Waals surface area contributed by atoms with Crippen LogP contribution in [0.4, 0.5) is 28.7 Å². The lowest BCUT2D eigenvalue weighted by atomic mass is 10.1. The number of carbonyl (C=O) groups is 1. The molecule has 3 aromatic rings. The number of nitro groups is 1. The lowest BCUT2D eigenvalue weighted by Gasteiger charge is -2.12. The molecule has 0 bridgehead atoms. The molecule has 3 rings (SSSR count). The first-order valence-corrected chi connectivity index (χ1v) is 8.68. The molecule has 0 fully saturated rings. The van der Waals surface area contributed by atoms with Gasteiger partial charge in [0, 0.05) is 5.69 Å². The molecule has 1 aromatic heterocycles. The zero-order valence-electron chi connectivity index (χ0n) is 16.1. The van der Waals surface area contributed by atoms with Gasteiger partial charge in [0.1, 0.15) is 6.33 Å². The van der Waals surface area contributed by atoms with Gasteiger partial charge in [0.05, 0.1) is 23.3 Å². The Bertz CT molecular complexity index is 1080. The minimum atomic E-state index is -0.577. The standard InChI is InChI=1S/C20H19N5O4/c1-12-8-9-14(10-13(12)2)23-18-17(25(27)28)19(22-11-21-18)24-16-7-5-4-6-15(16)20(26)29-3/h4-11H,1-3H3,(H2,21,22,23,24). The van der Waals surface area contributed by atoms with Crippen molar-refractivity contribution in [3.05, 3.63) is 75.6 Å². The van der Waals surface area contributed by atoms with Gasteiger partial charge in [-0.05, 0) is 49.2 Å². The Labute approximate surface area is 166 Å². The Balaban J connectivity index is 2.01. The molecule has 0 radical (unpaired) electrons. The summed E-state index contributed by atoms with van der Waals surface area (Å²) in [5, 5.41) is 17.6. The lowest BCUT2D eigenvalue weighted by Crippen LogP contribution is -2.09. The van der Waals surface area contributed by atoms with Crippen LogP contribution in [-0.2, 0) is 4.74 Å². The molecule has 1 heterocycles. The van der Waals surface area contributed by atoms with Crippen molar-refractivity contribution in [1.29, 1.82) is 0 Å². The van der Waals surface area contributed by atoms with Crippen LogP contribution < -0.4 is 10.6 Å². The predicted molar refractivity (Wildman–Crippen MR) is 109 cm³/mol. The van der Waals surface area contributed by atoms with Gasteiger partial charge in [0.25, 0.3) is 0 Å². The van der Waals surface area contributed by atoms with Crippen molar-refractivity contribution in [2.75, 3.05) is 17.7 Å². The molecule has 9 nitrogen and oxygen atoms in total. The summed E-state index contributed by atoms with van der Waals surface area (Å²) in [6.45, 7) is 3.93. The first kappa shape index (κ1) is 19.7. The van der Waals surface area contributed by atoms with Crippen LogP contribution in [-0.4, -0.2) is 28.0 Å². The molecule has 0 aliphatic carbocycles. The number of hydrogen-bond acceptors (Lipinski definition) is 8. The van der Waals surface area contributed by atoms with Crippen LogP contribution in [0.15, 0.2) is 48.8 Å². The van der Waals surface area contributed by atoms with Crippen LogP contribution in [0.2, 0.25) is 0 Å². The summed E-state index contributed by atoms with van der Waals surface area (Å²) in [4.78, 5) is 31.2. The summed E-state index contributed by atoms with van der Waals surface area (Å²) < 4.78 is 4.76. The van der Waals surface area contributed by atoms with Gasteiger partial charge in [-0.1, -0.05) is 18.2 Å². The summed E-state index contributed by atoms with van der Waals surface area (Å²) in [7, 11) is 1.26. The van der Waals surface area contributed by atoms with Gasteiger partial charge < -0.3 is 15.4 Å². The second kappa shape index (κ2) is 8.34. The molecule has 0 atom stereocenters. The lowest BCUT2D eigenvalue weighted by molar-refractivity contribution is -0.383. The highest BCUT2D eigenvalue weighted by atomic mass is 16.6. The summed E-state index contributed by atoms with van der Waals surface area (Å²) in [6, 6.07) is 12.1. The van der Waals surface area contributed by atoms with E-state index >= 15 is 0 Å². The van der Waals surface area contributed by atoms with E-state index in [4.69, 9.17) is 4.74 Å². The van der Waals surface area contributed by atoms with E-state index < -0.39 is 10.9 Å². The van der Waals surface area contributed by atoms with Crippen LogP contribution in [0, 0.1) is 24.0 Å². The SMILES string of the molecule is COC(=O)c1ccccc1Nc1ncnc(Nc2ccc(C)c(C)c2)c1[N+](=O)[O-]. The predicted octanol–water partition coefficient (Wildman–Crippen LogP) is 4.28. The first-order valence-electron chi connectivity index (χ1n) is 8.68. The Hall–Kier alpha value is -4.01. The maximum absolute atomic E-state index is 12.0. The van der Waals surface area contributed by atoms with Gasteiger partial charge in [-0.3, -0.25) is 10.1 Å². The third-order valence-electron chi connectivity index (χ3n) is 4.36. The van der Waals surface area contributed by atoms with Crippen molar-refractivity contribution < 1.29 is 14.5 Å². The number of aromatic nitrogens is 2. The van der Waals surface area contributed by atoms with Crippen LogP contribution >= 0.6 is 0 Å². The number of aryl methyl sites for hydroxylation is 2. The zero-order chi connectivity index (χ0) is 21.0. The average molecular weight is 393 g/mol. The van der Waals surface area contributed by atoms with E-state index in [9.17, 15) is 14.9 Å². The monoisotopic (exact) mass is 393 g/mol. The largest absolute Gasteiger partial charge is 0.465 e. The summed E-state index contributed by atoms with van der Waals surface area (Å²) in [6.07, 6.45) is 1.21. The summed E-state index contributed by atoms with van der Waals surface area (Å²) in [5.41, 5.74) is 3.03. The molecular formula is C20H19N5O4. The molecule has 9 heteroatoms. The van der Waals surface area contributed by atoms with Gasteiger partial charge in [-0.15, -0.1) is 0 Å². The quantitative estimate of drug-likeness (QED) is 0.362. The number of esters is 1. The van der Waals surface area contributed by atoms with E-state index in [2.05, 4.69) is 20.6 Å². The second-order valence-corrected chi connectivity index (χ2v) is 6.26. The molecular weight excluding hydrogens is 374 g/mol. The fraction of sp³-hybridized carbons (Fsp3) is 0.150. The summed E-state index contributed by atoms with van der Waals surface area (Å²) >= 11 is 0. The molecule has 29 heavy (non-hydrogen) atoms. The Kier molecular flexibility index (Phi) is 5.68. The number of para-hydroxylation sites is 1. The molecule has 0 unspecified atom stereocenters. The highest BCUT2D eigenvalue weighted by Gasteiger charge is 2.24. The fourth-order valence-electron chi connectivity index (χ4n) is 2.70. The Morgan fingerprint density at radius 1 is 1.03 bits per heavy atom. The number of carbonyl (C=O) groups excluding carboxylic acids is 1. The second-order valence-electron chi connectivity index (χ2n) is 6.26. The van der Waals surface area contributed by atoms with E-state index in [1.54, 1.807) is 24.3 Å². The van der Waals surface area contributed by atoms with E-state index in [1.807, 2.05) is 32.0 Å². The normalized spacial score (nSPS) is 10.3. The van der Waals surface area contributed by atoms with Crippen LogP contribution in [0.5, 0.6) is 0 Å². The van der Waals surface area contributed by atoms with E-state index in [1.165, 1.54) is 13.4 Å². The minimum Gasteiger partial charge on any atom is -0.465 e. The Morgan fingerprint density at radius 2 is 1.72 bits per heavy atom. The average Bonchev–Trinajstić information content (AvgIpc) is 2.70. The highest BCUT2D eigenvalue weighted by Crippen LogP contribution is 2.34. The molecule has 0 saturated heterocycles. The van der Waals surface area contributed by atoms with Gasteiger partial charge >= 0.3 is 11.7 Å². The number of hydrogen-bond donors (Lipinski definition) is 2. The molecule has 0 aliphatic heterocycles. The van der Waals surface area contributed by atoms with E-state index in [0.717, 1.165) is 11.1 Å². The first-order chi connectivity index (χ1) is 13.9. The molecule has 2 aromatic carbocycles. The zero-order valence-corrected chi connectivity index (χ0v) is 16.1. The number of nitrogens with zero attached hydrogens (tertiary/aromatic N) is 3. The molecule has 0 saturated carbocycles. The van der Waals surface area contributed by atoms with Crippen molar-refractivity contribution in [3.8, 4) is 0 Å². The summed E-state index contributed by atoms with van der Waals surface area (Å²) in [5.74, 6) is -0.586. The van der Waals surface area contributed by atoms with Gasteiger partial charge in [0.2, 0.25) is 11.6 Å². The topological polar surface area (TPSA) is 119 Å². The van der Waals surface area contributed by atoms with Crippen molar-refractivity contribution >= 4 is 34.7 Å². The minimum absolute atomic E-state index is 0.0336. The van der Waals surface area contributed by atoms with Crippen LogP contribution in [0.3, 0.4) is 0 Å². The van der Waals surface area contributed by atoms with Crippen molar-refractivity contribution in [3.63, 3.8) is 0 Å². The van der Waals surface area contributed by atoms with Crippen molar-refractivity contribution in [2.24, 2.45) is 0 Å². The number of anilines is 4. The number of ether oxygens (including phenoxy) is 1. The Morgan fingerprint density at radius 3 is 2.38 bits per heavy atom. The third kappa shape index (κ3) is 4.29.